The number of ether oxygens (including phenoxy) is 2. The van der Waals surface area contributed by atoms with Crippen LogP contribution in [0.25, 0.3) is 0 Å². The molecule has 5 fully saturated rings. The summed E-state index contributed by atoms with van der Waals surface area (Å²) < 4.78 is 12.5. The van der Waals surface area contributed by atoms with Crippen molar-refractivity contribution < 1.29 is 34.4 Å². The molecule has 56 heavy (non-hydrogen) atoms. The van der Waals surface area contributed by atoms with Gasteiger partial charge in [0.15, 0.2) is 5.72 Å². The number of hydrogen-bond donors (Lipinski definition) is 5. The van der Waals surface area contributed by atoms with Crippen LogP contribution < -0.4 is 10.9 Å². The van der Waals surface area contributed by atoms with Crippen LogP contribution in [0.15, 0.2) is 42.0 Å². The fraction of sp³-hybridized carbons (Fsp3) is 0.745. The minimum atomic E-state index is -1.73. The molecular formula is C47H66N2O7. The lowest BCUT2D eigenvalue weighted by Gasteiger charge is -2.73. The smallest absolute Gasteiger partial charge is 0.331 e. The highest BCUT2D eigenvalue weighted by molar-refractivity contribution is 5.85. The Morgan fingerprint density at radius 3 is 2.50 bits per heavy atom. The van der Waals surface area contributed by atoms with Crippen LogP contribution >= 0.6 is 0 Å². The first-order valence-electron chi connectivity index (χ1n) is 22.1. The van der Waals surface area contributed by atoms with Crippen LogP contribution in [-0.2, 0) is 25.5 Å². The molecule has 7 aliphatic rings. The minimum absolute atomic E-state index is 0.113. The van der Waals surface area contributed by atoms with Gasteiger partial charge in [-0.3, -0.25) is 10.2 Å². The number of fused-ring (bicyclic) bond motifs is 3. The predicted molar refractivity (Wildman–Crippen MR) is 213 cm³/mol. The summed E-state index contributed by atoms with van der Waals surface area (Å²) in [5, 5.41) is 40.5. The maximum absolute atomic E-state index is 15.0. The molecule has 0 radical (unpaired) electrons. The van der Waals surface area contributed by atoms with Gasteiger partial charge in [0.2, 0.25) is 0 Å². The summed E-state index contributed by atoms with van der Waals surface area (Å²) in [6, 6.07) is 10.6. The molecule has 8 rings (SSSR count). The summed E-state index contributed by atoms with van der Waals surface area (Å²) in [6.45, 7) is 6.67. The number of benzene rings is 1. The molecule has 9 heteroatoms. The second kappa shape index (κ2) is 15.1. The van der Waals surface area contributed by atoms with E-state index in [1.807, 2.05) is 13.0 Å². The van der Waals surface area contributed by atoms with Crippen LogP contribution in [0.2, 0.25) is 0 Å². The standard InChI is InChI=1S/C47H66N2O7/c1-32(13-10-16-33-14-6-4-7-15-33)19-20-37(50)47-38(51)22-27-43(3)35-17-11-18-36(35)48-49-45(40(43)47)31-42(2,46(47,54)28-21-34-29-39(52)55-30-34)23-12-26-44(41(53)56-45)24-8-5-9-25-44/h4,6-7,14-15,29,32,35-38,40,48-51,54H,5,8-11,13,16-22,24-28,30-31H2,1-3H3. The highest BCUT2D eigenvalue weighted by atomic mass is 16.6. The molecule has 11 atom stereocenters. The van der Waals surface area contributed by atoms with Gasteiger partial charge in [0, 0.05) is 30.9 Å². The fourth-order valence-corrected chi connectivity index (χ4v) is 13.7. The van der Waals surface area contributed by atoms with E-state index in [1.54, 1.807) is 0 Å². The van der Waals surface area contributed by atoms with E-state index in [1.165, 1.54) is 11.6 Å². The molecule has 3 aliphatic heterocycles. The van der Waals surface area contributed by atoms with Crippen LogP contribution in [-0.4, -0.2) is 63.4 Å². The number of hydrogen-bond acceptors (Lipinski definition) is 9. The van der Waals surface area contributed by atoms with E-state index in [0.717, 1.165) is 63.4 Å². The Bertz CT molecular complexity index is 1730. The summed E-state index contributed by atoms with van der Waals surface area (Å²) in [4.78, 5) is 27.3. The third kappa shape index (κ3) is 6.40. The Labute approximate surface area is 334 Å². The number of esters is 2. The Balaban J connectivity index is 1.26. The van der Waals surface area contributed by atoms with Gasteiger partial charge in [-0.2, -0.15) is 0 Å². The number of aliphatic hydroxyl groups excluding tert-OH is 2. The quantitative estimate of drug-likeness (QED) is 0.121. The number of carbonyl (C=O) groups excluding carboxylic acids is 2. The van der Waals surface area contributed by atoms with Gasteiger partial charge in [-0.25, -0.2) is 10.2 Å². The minimum Gasteiger partial charge on any atom is -0.458 e. The second-order valence-corrected chi connectivity index (χ2v) is 19.8. The number of hydrazine groups is 1. The lowest BCUT2D eigenvalue weighted by molar-refractivity contribution is -0.363. The first-order valence-corrected chi connectivity index (χ1v) is 22.1. The van der Waals surface area contributed by atoms with Crippen LogP contribution in [0.5, 0.6) is 0 Å². The molecule has 4 aliphatic carbocycles. The maximum atomic E-state index is 15.0. The van der Waals surface area contributed by atoms with E-state index < -0.39 is 51.1 Å². The summed E-state index contributed by atoms with van der Waals surface area (Å²) in [6.07, 6.45) is 12.9. The SMILES string of the molecule is CC(CCCc1ccccc1)CCC(O)C12C(O)CCC3(C)C4CCCC4NNC4(CC(C)(C#CCC5(CCCCC5)C(=O)O4)C1(O)CCC1=CC(=O)OC1)C32. The van der Waals surface area contributed by atoms with Gasteiger partial charge >= 0.3 is 11.9 Å². The van der Waals surface area contributed by atoms with Gasteiger partial charge in [-0.05, 0) is 112 Å². The number of nitrogens with one attached hydrogen (secondary N) is 2. The third-order valence-electron chi connectivity index (χ3n) is 16.5. The maximum Gasteiger partial charge on any atom is 0.331 e. The average molecular weight is 771 g/mol. The van der Waals surface area contributed by atoms with Gasteiger partial charge in [-0.1, -0.05) is 82.2 Å². The topological polar surface area (TPSA) is 137 Å². The predicted octanol–water partition coefficient (Wildman–Crippen LogP) is 6.83. The molecule has 5 N–H and O–H groups in total. The normalized spacial score (nSPS) is 40.9. The lowest BCUT2D eigenvalue weighted by atomic mass is 9.34. The molecule has 2 bridgehead atoms. The molecule has 1 aromatic rings. The second-order valence-electron chi connectivity index (χ2n) is 19.8. The van der Waals surface area contributed by atoms with Gasteiger partial charge in [0.1, 0.15) is 6.61 Å². The number of rotatable bonds is 11. The molecule has 11 unspecified atom stereocenters. The zero-order chi connectivity index (χ0) is 39.4. The van der Waals surface area contributed by atoms with Crippen molar-refractivity contribution in [2.45, 2.75) is 172 Å². The first-order chi connectivity index (χ1) is 26.8. The van der Waals surface area contributed by atoms with Crippen molar-refractivity contribution in [3.05, 3.63) is 47.5 Å². The van der Waals surface area contributed by atoms with E-state index in [-0.39, 0.29) is 43.3 Å². The van der Waals surface area contributed by atoms with Crippen molar-refractivity contribution in [1.29, 1.82) is 0 Å². The average Bonchev–Trinajstić information content (AvgIpc) is 3.83. The molecule has 306 valence electrons. The lowest BCUT2D eigenvalue weighted by Crippen LogP contribution is -2.84. The molecule has 9 nitrogen and oxygen atoms in total. The number of cyclic esters (lactones) is 1. The van der Waals surface area contributed by atoms with Crippen molar-refractivity contribution in [3.63, 3.8) is 0 Å². The highest BCUT2D eigenvalue weighted by Crippen LogP contribution is 2.74. The zero-order valence-electron chi connectivity index (χ0n) is 34.0. The van der Waals surface area contributed by atoms with Gasteiger partial charge in [0.25, 0.3) is 0 Å². The Kier molecular flexibility index (Phi) is 10.8. The van der Waals surface area contributed by atoms with E-state index in [4.69, 9.17) is 9.47 Å². The molecule has 4 saturated carbocycles. The summed E-state index contributed by atoms with van der Waals surface area (Å²) >= 11 is 0. The highest BCUT2D eigenvalue weighted by Gasteiger charge is 2.82. The van der Waals surface area contributed by atoms with Crippen molar-refractivity contribution in [3.8, 4) is 11.8 Å². The first kappa shape index (κ1) is 40.1. The fourth-order valence-electron chi connectivity index (χ4n) is 13.7. The van der Waals surface area contributed by atoms with Gasteiger partial charge < -0.3 is 24.8 Å². The molecule has 2 spiro atoms. The van der Waals surface area contributed by atoms with Gasteiger partial charge in [0.05, 0.1) is 34.1 Å². The molecule has 1 saturated heterocycles. The summed E-state index contributed by atoms with van der Waals surface area (Å²) in [5.41, 5.74) is 2.40. The van der Waals surface area contributed by atoms with Crippen LogP contribution in [0, 0.1) is 51.3 Å². The van der Waals surface area contributed by atoms with E-state index in [0.29, 0.717) is 57.3 Å². The number of carbonyl (C=O) groups is 2. The summed E-state index contributed by atoms with van der Waals surface area (Å²) in [7, 11) is 0. The summed E-state index contributed by atoms with van der Waals surface area (Å²) in [5.74, 6) is 6.30. The molecule has 0 amide bonds. The van der Waals surface area contributed by atoms with Crippen molar-refractivity contribution in [2.24, 2.45) is 39.4 Å². The Morgan fingerprint density at radius 2 is 1.75 bits per heavy atom. The molecule has 1 aromatic carbocycles. The van der Waals surface area contributed by atoms with Crippen molar-refractivity contribution >= 4 is 11.9 Å². The van der Waals surface area contributed by atoms with Crippen molar-refractivity contribution in [1.82, 2.24) is 10.9 Å². The largest absolute Gasteiger partial charge is 0.458 e. The zero-order valence-corrected chi connectivity index (χ0v) is 34.0. The number of aliphatic hydroxyl groups is 3. The van der Waals surface area contributed by atoms with Crippen LogP contribution in [0.1, 0.15) is 142 Å². The monoisotopic (exact) mass is 770 g/mol. The van der Waals surface area contributed by atoms with E-state index in [2.05, 4.69) is 60.8 Å². The van der Waals surface area contributed by atoms with Crippen LogP contribution in [0.4, 0.5) is 0 Å². The number of aryl methyl sites for hydroxylation is 1. The van der Waals surface area contributed by atoms with E-state index in [9.17, 15) is 20.1 Å². The van der Waals surface area contributed by atoms with Crippen LogP contribution in [0.3, 0.4) is 0 Å². The van der Waals surface area contributed by atoms with Crippen molar-refractivity contribution in [2.75, 3.05) is 6.61 Å². The Morgan fingerprint density at radius 1 is 0.964 bits per heavy atom. The molecular weight excluding hydrogens is 705 g/mol. The molecule has 3 heterocycles. The Hall–Kier alpha value is -2.74. The third-order valence-corrected chi connectivity index (χ3v) is 16.5. The van der Waals surface area contributed by atoms with Gasteiger partial charge in [-0.15, -0.1) is 5.92 Å². The van der Waals surface area contributed by atoms with E-state index >= 15 is 4.79 Å². The molecule has 0 aromatic heterocycles.